The fourth-order valence-electron chi connectivity index (χ4n) is 4.13. The summed E-state index contributed by atoms with van der Waals surface area (Å²) >= 11 is 0. The smallest absolute Gasteiger partial charge is 0.407 e. The molecular weight excluding hydrogens is 448 g/mol. The highest BCUT2D eigenvalue weighted by atomic mass is 16.6. The van der Waals surface area contributed by atoms with Gasteiger partial charge in [0.2, 0.25) is 11.8 Å². The number of methoxy groups -OCH3 is 2. The Morgan fingerprint density at radius 2 is 1.63 bits per heavy atom. The Bertz CT molecular complexity index is 1010. The second-order valence-electron chi connectivity index (χ2n) is 9.82. The Morgan fingerprint density at radius 3 is 2.23 bits per heavy atom. The number of nitrogens with one attached hydrogen (secondary N) is 2. The summed E-state index contributed by atoms with van der Waals surface area (Å²) in [6.07, 6.45) is 5.29. The monoisotopic (exact) mass is 484 g/mol. The molecule has 190 valence electrons. The van der Waals surface area contributed by atoms with Crippen LogP contribution in [0.2, 0.25) is 0 Å². The van der Waals surface area contributed by atoms with E-state index in [2.05, 4.69) is 20.6 Å². The highest BCUT2D eigenvalue weighted by Crippen LogP contribution is 2.30. The van der Waals surface area contributed by atoms with Crippen molar-refractivity contribution in [3.05, 3.63) is 36.0 Å². The van der Waals surface area contributed by atoms with Crippen LogP contribution in [-0.2, 0) is 4.74 Å². The maximum Gasteiger partial charge on any atom is 0.407 e. The lowest BCUT2D eigenvalue weighted by Gasteiger charge is -2.29. The van der Waals surface area contributed by atoms with E-state index in [4.69, 9.17) is 14.2 Å². The molecule has 1 saturated carbocycles. The Labute approximate surface area is 207 Å². The summed E-state index contributed by atoms with van der Waals surface area (Å²) in [7, 11) is 3.07. The summed E-state index contributed by atoms with van der Waals surface area (Å²) < 4.78 is 15.8. The quantitative estimate of drug-likeness (QED) is 0.577. The first kappa shape index (κ1) is 26.2. The van der Waals surface area contributed by atoms with Gasteiger partial charge >= 0.3 is 6.09 Å². The zero-order valence-electron chi connectivity index (χ0n) is 21.2. The van der Waals surface area contributed by atoms with Gasteiger partial charge in [-0.25, -0.2) is 4.79 Å². The van der Waals surface area contributed by atoms with Crippen molar-refractivity contribution in [1.82, 2.24) is 20.6 Å². The van der Waals surface area contributed by atoms with Crippen molar-refractivity contribution >= 4 is 12.0 Å². The Morgan fingerprint density at radius 1 is 0.971 bits per heavy atom. The largest absolute Gasteiger partial charge is 0.481 e. The number of amides is 2. The third kappa shape index (κ3) is 7.83. The standard InChI is InChI=1S/C26H36N4O5/c1-26(2,3)35-25(32)29-16-18-8-6-17(7-9-18)15-28-23(31)19-12-13-27-21(14-19)20-10-11-22(33-4)30-24(20)34-5/h10-14,17-18H,6-9,15-16H2,1-5H3,(H,28,31)(H,29,32). The topological polar surface area (TPSA) is 112 Å². The molecule has 9 heteroatoms. The van der Waals surface area contributed by atoms with Gasteiger partial charge in [0.1, 0.15) is 5.60 Å². The molecule has 2 amide bonds. The van der Waals surface area contributed by atoms with Crippen LogP contribution in [0.1, 0.15) is 56.8 Å². The van der Waals surface area contributed by atoms with Crippen molar-refractivity contribution in [2.24, 2.45) is 11.8 Å². The number of rotatable bonds is 8. The van der Waals surface area contributed by atoms with Gasteiger partial charge in [-0.3, -0.25) is 9.78 Å². The molecule has 1 fully saturated rings. The zero-order valence-corrected chi connectivity index (χ0v) is 21.2. The third-order valence-corrected chi connectivity index (χ3v) is 5.99. The minimum absolute atomic E-state index is 0.136. The van der Waals surface area contributed by atoms with E-state index < -0.39 is 5.60 Å². The lowest BCUT2D eigenvalue weighted by Crippen LogP contribution is -2.37. The van der Waals surface area contributed by atoms with Gasteiger partial charge in [0.25, 0.3) is 5.91 Å². The molecule has 2 N–H and O–H groups in total. The van der Waals surface area contributed by atoms with Crippen LogP contribution in [0.4, 0.5) is 4.79 Å². The fraction of sp³-hybridized carbons (Fsp3) is 0.538. The van der Waals surface area contributed by atoms with Crippen LogP contribution in [0.3, 0.4) is 0 Å². The van der Waals surface area contributed by atoms with Crippen molar-refractivity contribution in [3.8, 4) is 23.0 Å². The van der Waals surface area contributed by atoms with Crippen molar-refractivity contribution in [2.75, 3.05) is 27.3 Å². The predicted octanol–water partition coefficient (Wildman–Crippen LogP) is 4.22. The van der Waals surface area contributed by atoms with Gasteiger partial charge in [0, 0.05) is 30.9 Å². The number of nitrogens with zero attached hydrogens (tertiary/aromatic N) is 2. The number of carbonyl (C=O) groups excluding carboxylic acids is 2. The van der Waals surface area contributed by atoms with E-state index in [1.807, 2.05) is 26.8 Å². The summed E-state index contributed by atoms with van der Waals surface area (Å²) in [5.74, 6) is 1.54. The SMILES string of the molecule is COc1ccc(-c2cc(C(=O)NCC3CCC(CNC(=O)OC(C)(C)C)CC3)ccn2)c(OC)n1. The van der Waals surface area contributed by atoms with Crippen LogP contribution >= 0.6 is 0 Å². The second kappa shape index (κ2) is 11.9. The van der Waals surface area contributed by atoms with E-state index in [0.29, 0.717) is 53.5 Å². The Kier molecular flexibility index (Phi) is 8.89. The lowest BCUT2D eigenvalue weighted by molar-refractivity contribution is 0.0512. The molecule has 0 aliphatic heterocycles. The van der Waals surface area contributed by atoms with Crippen LogP contribution < -0.4 is 20.1 Å². The maximum absolute atomic E-state index is 12.8. The van der Waals surface area contributed by atoms with Crippen LogP contribution in [0.5, 0.6) is 11.8 Å². The first-order valence-electron chi connectivity index (χ1n) is 12.0. The normalized spacial score (nSPS) is 17.9. The minimum atomic E-state index is -0.493. The van der Waals surface area contributed by atoms with Crippen LogP contribution in [0.15, 0.2) is 30.5 Å². The van der Waals surface area contributed by atoms with Gasteiger partial charge in [-0.2, -0.15) is 4.98 Å². The van der Waals surface area contributed by atoms with E-state index in [1.54, 1.807) is 24.4 Å². The molecule has 2 heterocycles. The predicted molar refractivity (Wildman–Crippen MR) is 133 cm³/mol. The average molecular weight is 485 g/mol. The molecule has 2 aromatic heterocycles. The number of pyridine rings is 2. The van der Waals surface area contributed by atoms with Gasteiger partial charge in [-0.05, 0) is 76.5 Å². The molecule has 0 unspecified atom stereocenters. The first-order valence-corrected chi connectivity index (χ1v) is 12.0. The van der Waals surface area contributed by atoms with Crippen LogP contribution in [0, 0.1) is 11.8 Å². The van der Waals surface area contributed by atoms with E-state index >= 15 is 0 Å². The summed E-state index contributed by atoms with van der Waals surface area (Å²) in [6.45, 7) is 6.80. The lowest BCUT2D eigenvalue weighted by atomic mass is 9.82. The molecule has 0 saturated heterocycles. The van der Waals surface area contributed by atoms with Crippen LogP contribution in [-0.4, -0.2) is 54.9 Å². The average Bonchev–Trinajstić information content (AvgIpc) is 2.85. The molecule has 0 atom stereocenters. The number of hydrogen-bond acceptors (Lipinski definition) is 7. The zero-order chi connectivity index (χ0) is 25.4. The molecule has 0 spiro atoms. The number of hydrogen-bond donors (Lipinski definition) is 2. The van der Waals surface area contributed by atoms with E-state index in [9.17, 15) is 9.59 Å². The Hall–Kier alpha value is -3.36. The number of carbonyl (C=O) groups is 2. The summed E-state index contributed by atoms with van der Waals surface area (Å²) in [6, 6.07) is 6.97. The van der Waals surface area contributed by atoms with E-state index in [1.165, 1.54) is 14.2 Å². The minimum Gasteiger partial charge on any atom is -0.481 e. The fourth-order valence-corrected chi connectivity index (χ4v) is 4.13. The Balaban J connectivity index is 1.48. The summed E-state index contributed by atoms with van der Waals surface area (Å²) in [5.41, 5.74) is 1.32. The molecule has 0 aromatic carbocycles. The van der Waals surface area contributed by atoms with Gasteiger partial charge < -0.3 is 24.8 Å². The molecule has 0 bridgehead atoms. The number of alkyl carbamates (subject to hydrolysis) is 1. The summed E-state index contributed by atoms with van der Waals surface area (Å²) in [4.78, 5) is 33.3. The number of ether oxygens (including phenoxy) is 3. The summed E-state index contributed by atoms with van der Waals surface area (Å²) in [5, 5.41) is 5.93. The highest BCUT2D eigenvalue weighted by Gasteiger charge is 2.23. The van der Waals surface area contributed by atoms with Gasteiger partial charge in [0.05, 0.1) is 25.5 Å². The first-order chi connectivity index (χ1) is 16.7. The second-order valence-corrected chi connectivity index (χ2v) is 9.82. The maximum atomic E-state index is 12.8. The van der Waals surface area contributed by atoms with Crippen molar-refractivity contribution in [3.63, 3.8) is 0 Å². The van der Waals surface area contributed by atoms with E-state index in [0.717, 1.165) is 25.7 Å². The molecule has 9 nitrogen and oxygen atoms in total. The van der Waals surface area contributed by atoms with E-state index in [-0.39, 0.29) is 12.0 Å². The van der Waals surface area contributed by atoms with Crippen molar-refractivity contribution < 1.29 is 23.8 Å². The molecule has 2 aromatic rings. The van der Waals surface area contributed by atoms with Crippen molar-refractivity contribution in [2.45, 2.75) is 52.1 Å². The molecular formula is C26H36N4O5. The molecule has 3 rings (SSSR count). The molecule has 35 heavy (non-hydrogen) atoms. The van der Waals surface area contributed by atoms with Crippen LogP contribution in [0.25, 0.3) is 11.3 Å². The van der Waals surface area contributed by atoms with Gasteiger partial charge in [0.15, 0.2) is 0 Å². The third-order valence-electron chi connectivity index (χ3n) is 5.99. The molecule has 1 aliphatic rings. The number of aromatic nitrogens is 2. The van der Waals surface area contributed by atoms with Gasteiger partial charge in [-0.15, -0.1) is 0 Å². The van der Waals surface area contributed by atoms with Crippen molar-refractivity contribution in [1.29, 1.82) is 0 Å². The molecule has 0 radical (unpaired) electrons. The molecule has 1 aliphatic carbocycles. The highest BCUT2D eigenvalue weighted by molar-refractivity contribution is 5.95. The van der Waals surface area contributed by atoms with Gasteiger partial charge in [-0.1, -0.05) is 0 Å².